The van der Waals surface area contributed by atoms with E-state index in [9.17, 15) is 44.1 Å². The Morgan fingerprint density at radius 1 is 0.594 bits per heavy atom. The van der Waals surface area contributed by atoms with Crippen LogP contribution in [0.3, 0.4) is 0 Å². The second kappa shape index (κ2) is 25.7. The van der Waals surface area contributed by atoms with E-state index in [1.54, 1.807) is 48.7 Å². The maximum Gasteiger partial charge on any atom is 0.244 e. The molecule has 0 fully saturated rings. The van der Waals surface area contributed by atoms with Crippen molar-refractivity contribution >= 4 is 67.9 Å². The molecule has 64 heavy (non-hydrogen) atoms. The highest BCUT2D eigenvalue weighted by molar-refractivity contribution is 8.76. The van der Waals surface area contributed by atoms with Crippen LogP contribution in [0.25, 0.3) is 10.9 Å². The maximum absolute atomic E-state index is 14.3. The Balaban J connectivity index is 1.57. The second-order valence-electron chi connectivity index (χ2n) is 15.3. The number of hydrogen-bond acceptors (Lipinski definition) is 13. The van der Waals surface area contributed by atoms with Crippen molar-refractivity contribution in [1.29, 1.82) is 0 Å². The van der Waals surface area contributed by atoms with Gasteiger partial charge in [-0.3, -0.25) is 28.8 Å². The number of nitrogens with two attached hydrogens (primary N) is 2. The molecule has 20 heteroatoms. The molecule has 0 bridgehead atoms. The minimum absolute atomic E-state index is 0.0222. The molecule has 0 saturated carbocycles. The van der Waals surface area contributed by atoms with Gasteiger partial charge in [0.25, 0.3) is 0 Å². The van der Waals surface area contributed by atoms with Crippen LogP contribution in [0.5, 0.6) is 0 Å². The molecule has 14 N–H and O–H groups in total. The molecule has 9 atom stereocenters. The number of H-pyrrole nitrogens is 1. The minimum Gasteiger partial charge on any atom is -0.394 e. The van der Waals surface area contributed by atoms with Crippen molar-refractivity contribution in [2.24, 2.45) is 11.5 Å². The fourth-order valence-corrected chi connectivity index (χ4v) is 8.76. The summed E-state index contributed by atoms with van der Waals surface area (Å²) >= 11 is 0. The van der Waals surface area contributed by atoms with E-state index < -0.39 is 96.6 Å². The molecule has 1 aromatic heterocycles. The number of aromatic nitrogens is 1. The Hall–Kier alpha value is -5.48. The molecule has 0 spiro atoms. The third-order valence-corrected chi connectivity index (χ3v) is 12.7. The predicted octanol–water partition coefficient (Wildman–Crippen LogP) is -0.844. The van der Waals surface area contributed by atoms with Crippen LogP contribution in [0.2, 0.25) is 0 Å². The van der Waals surface area contributed by atoms with E-state index in [4.69, 9.17) is 11.5 Å². The van der Waals surface area contributed by atoms with E-state index in [2.05, 4.69) is 36.9 Å². The van der Waals surface area contributed by atoms with Gasteiger partial charge in [-0.2, -0.15) is 0 Å². The molecule has 1 heterocycles. The standard InChI is InChI=1S/C44H59N9O9S2/c1-25(55)35(22-54)51-43(61)37(53-44(62)38(46)26(2)56)24-64-63-23-36(52-39(57)31(45)18-27-12-6-4-7-13-27)42(60)49-33(19-28-14-8-5-9-15-28)41(59)50-34(40(58)47-3)20-29-21-48-32-17-11-10-16-30(29)32/h4-17,21,25-26,31,33-38,48,54-56H,18-20,22-24,45-46H2,1-3H3,(H,47,58)(H,49,60)(H,50,59)(H,51,61)(H,52,57)(H,53,62)/t25-,26-,31-,33+,34-,35-,36+,37+,38+/m1/s1. The summed E-state index contributed by atoms with van der Waals surface area (Å²) in [5, 5.41) is 46.4. The number of rotatable bonds is 25. The van der Waals surface area contributed by atoms with E-state index in [0.29, 0.717) is 5.56 Å². The number of aromatic amines is 1. The molecule has 3 aromatic carbocycles. The third kappa shape index (κ3) is 15.6. The lowest BCUT2D eigenvalue weighted by Gasteiger charge is -2.26. The molecule has 0 aliphatic rings. The molecule has 4 rings (SSSR count). The second-order valence-corrected chi connectivity index (χ2v) is 17.8. The van der Waals surface area contributed by atoms with Gasteiger partial charge in [0.1, 0.15) is 30.2 Å². The predicted molar refractivity (Wildman–Crippen MR) is 247 cm³/mol. The van der Waals surface area contributed by atoms with Crippen LogP contribution in [-0.4, -0.2) is 135 Å². The monoisotopic (exact) mass is 921 g/mol. The van der Waals surface area contributed by atoms with Crippen LogP contribution in [0.15, 0.2) is 91.1 Å². The molecule has 18 nitrogen and oxygen atoms in total. The SMILES string of the molecule is CNC(=O)[C@@H](Cc1c[nH]c2ccccc12)NC(=O)[C@H](Cc1ccccc1)NC(=O)[C@H](CSSC[C@H](NC(=O)[C@@H](N)[C@@H](C)O)C(=O)N[C@H](CO)[C@@H](C)O)NC(=O)[C@H](N)Cc1ccccc1. The third-order valence-electron chi connectivity index (χ3n) is 10.3. The minimum atomic E-state index is -1.37. The Labute approximate surface area is 379 Å². The fourth-order valence-electron chi connectivity index (χ4n) is 6.43. The fraction of sp³-hybridized carbons (Fsp3) is 0.409. The van der Waals surface area contributed by atoms with E-state index in [-0.39, 0.29) is 30.8 Å². The summed E-state index contributed by atoms with van der Waals surface area (Å²) < 4.78 is 0. The molecule has 0 aliphatic heterocycles. The van der Waals surface area contributed by atoms with Gasteiger partial charge >= 0.3 is 0 Å². The van der Waals surface area contributed by atoms with Crippen LogP contribution in [0, 0.1) is 0 Å². The number of fused-ring (bicyclic) bond motifs is 1. The van der Waals surface area contributed by atoms with Gasteiger partial charge in [0.05, 0.1) is 30.9 Å². The van der Waals surface area contributed by atoms with E-state index in [0.717, 1.165) is 43.6 Å². The van der Waals surface area contributed by atoms with Crippen LogP contribution in [0.4, 0.5) is 0 Å². The van der Waals surface area contributed by atoms with E-state index in [1.807, 2.05) is 42.5 Å². The number of hydrogen-bond donors (Lipinski definition) is 12. The normalized spacial score (nSPS) is 15.5. The Bertz CT molecular complexity index is 2150. The average Bonchev–Trinajstić information content (AvgIpc) is 3.70. The quantitative estimate of drug-likeness (QED) is 0.0286. The Morgan fingerprint density at radius 3 is 1.62 bits per heavy atom. The summed E-state index contributed by atoms with van der Waals surface area (Å²) in [7, 11) is 3.56. The molecule has 0 saturated heterocycles. The number of carbonyl (C=O) groups excluding carboxylic acids is 6. The lowest BCUT2D eigenvalue weighted by Crippen LogP contribution is -2.59. The van der Waals surface area contributed by atoms with Gasteiger partial charge in [-0.05, 0) is 43.0 Å². The summed E-state index contributed by atoms with van der Waals surface area (Å²) in [6.07, 6.45) is -0.287. The summed E-state index contributed by atoms with van der Waals surface area (Å²) in [5.74, 6) is -4.35. The Kier molecular flexibility index (Phi) is 20.6. The first-order valence-electron chi connectivity index (χ1n) is 20.7. The highest BCUT2D eigenvalue weighted by Crippen LogP contribution is 2.24. The molecule has 4 aromatic rings. The molecular weight excluding hydrogens is 863 g/mol. The van der Waals surface area contributed by atoms with Crippen LogP contribution < -0.4 is 43.4 Å². The zero-order chi connectivity index (χ0) is 46.8. The Morgan fingerprint density at radius 2 is 1.08 bits per heavy atom. The number of benzene rings is 3. The first kappa shape index (κ1) is 51.2. The van der Waals surface area contributed by atoms with Crippen molar-refractivity contribution in [2.75, 3.05) is 25.2 Å². The smallest absolute Gasteiger partial charge is 0.244 e. The molecule has 0 radical (unpaired) electrons. The van der Waals surface area contributed by atoms with Gasteiger partial charge in [0, 0.05) is 48.5 Å². The first-order chi connectivity index (χ1) is 30.6. The topological polar surface area (TPSA) is 303 Å². The largest absolute Gasteiger partial charge is 0.394 e. The number of likely N-dealkylation sites (N-methyl/N-ethyl adjacent to an activating group) is 1. The van der Waals surface area contributed by atoms with Crippen LogP contribution in [-0.2, 0) is 48.0 Å². The van der Waals surface area contributed by atoms with E-state index in [1.165, 1.54) is 20.9 Å². The lowest BCUT2D eigenvalue weighted by molar-refractivity contribution is -0.133. The average molecular weight is 922 g/mol. The van der Waals surface area contributed by atoms with Gasteiger partial charge < -0.3 is 63.7 Å². The van der Waals surface area contributed by atoms with Crippen molar-refractivity contribution in [3.8, 4) is 0 Å². The molecule has 346 valence electrons. The highest BCUT2D eigenvalue weighted by Gasteiger charge is 2.33. The number of aliphatic hydroxyl groups excluding tert-OH is 3. The summed E-state index contributed by atoms with van der Waals surface area (Å²) in [6.45, 7) is 2.08. The van der Waals surface area contributed by atoms with Crippen molar-refractivity contribution in [2.45, 2.75) is 87.6 Å². The lowest BCUT2D eigenvalue weighted by atomic mass is 10.0. The summed E-state index contributed by atoms with van der Waals surface area (Å²) in [5.41, 5.74) is 15.3. The van der Waals surface area contributed by atoms with Crippen LogP contribution >= 0.6 is 21.6 Å². The van der Waals surface area contributed by atoms with Gasteiger partial charge in [-0.15, -0.1) is 0 Å². The zero-order valence-electron chi connectivity index (χ0n) is 35.9. The van der Waals surface area contributed by atoms with Gasteiger partial charge in [-0.25, -0.2) is 0 Å². The van der Waals surface area contributed by atoms with Crippen molar-refractivity contribution < 1.29 is 44.1 Å². The highest BCUT2D eigenvalue weighted by atomic mass is 33.1. The van der Waals surface area contributed by atoms with Crippen LogP contribution in [0.1, 0.15) is 30.5 Å². The number of aliphatic hydroxyl groups is 3. The molecule has 0 aliphatic carbocycles. The van der Waals surface area contributed by atoms with Crippen molar-refractivity contribution in [3.63, 3.8) is 0 Å². The molecule has 6 amide bonds. The zero-order valence-corrected chi connectivity index (χ0v) is 37.5. The molecule has 0 unspecified atom stereocenters. The first-order valence-corrected chi connectivity index (χ1v) is 23.2. The maximum atomic E-state index is 14.3. The summed E-state index contributed by atoms with van der Waals surface area (Å²) in [4.78, 5) is 84.6. The number of amides is 6. The number of para-hydroxylation sites is 1. The number of nitrogens with one attached hydrogen (secondary N) is 7. The van der Waals surface area contributed by atoms with E-state index >= 15 is 0 Å². The number of carbonyl (C=O) groups is 6. The van der Waals surface area contributed by atoms with Gasteiger partial charge in [0.15, 0.2) is 0 Å². The molecular formula is C44H59N9O9S2. The van der Waals surface area contributed by atoms with Crippen molar-refractivity contribution in [3.05, 3.63) is 108 Å². The summed E-state index contributed by atoms with van der Waals surface area (Å²) in [6, 6.07) is 17.2. The van der Waals surface area contributed by atoms with Crippen molar-refractivity contribution in [1.82, 2.24) is 36.9 Å². The van der Waals surface area contributed by atoms with Gasteiger partial charge in [-0.1, -0.05) is 100 Å². The van der Waals surface area contributed by atoms with Gasteiger partial charge in [0.2, 0.25) is 35.4 Å².